The van der Waals surface area contributed by atoms with Gasteiger partial charge in [0.05, 0.1) is 31.9 Å². The lowest BCUT2D eigenvalue weighted by molar-refractivity contribution is -0.136. The van der Waals surface area contributed by atoms with Crippen molar-refractivity contribution in [2.75, 3.05) is 39.4 Å². The molecular formula is C29H33FN2O4S. The van der Waals surface area contributed by atoms with Gasteiger partial charge in [-0.15, -0.1) is 17.9 Å². The topological polar surface area (TPSA) is 62.2 Å². The van der Waals surface area contributed by atoms with Gasteiger partial charge in [-0.2, -0.15) is 0 Å². The van der Waals surface area contributed by atoms with Gasteiger partial charge in [-0.1, -0.05) is 42.5 Å². The number of thiophene rings is 1. The van der Waals surface area contributed by atoms with Crippen LogP contribution in [-0.4, -0.2) is 66.3 Å². The van der Waals surface area contributed by atoms with Gasteiger partial charge in [0, 0.05) is 30.6 Å². The summed E-state index contributed by atoms with van der Waals surface area (Å²) < 4.78 is 25.2. The summed E-state index contributed by atoms with van der Waals surface area (Å²) >= 11 is 1.68. The van der Waals surface area contributed by atoms with Crippen LogP contribution >= 0.6 is 11.3 Å². The van der Waals surface area contributed by atoms with Crippen LogP contribution in [0.15, 0.2) is 78.7 Å². The van der Waals surface area contributed by atoms with Crippen molar-refractivity contribution in [3.63, 3.8) is 0 Å². The van der Waals surface area contributed by atoms with E-state index in [4.69, 9.17) is 9.47 Å². The number of carbonyl (C=O) groups is 1. The van der Waals surface area contributed by atoms with Crippen LogP contribution < -0.4 is 4.74 Å². The third kappa shape index (κ3) is 7.72. The van der Waals surface area contributed by atoms with Crippen molar-refractivity contribution in [1.82, 2.24) is 9.80 Å². The average molecular weight is 525 g/mol. The van der Waals surface area contributed by atoms with E-state index in [9.17, 15) is 14.3 Å². The molecule has 0 saturated carbocycles. The standard InChI is InChI=1S/C29H33FN2O4S/c1-2-13-31(17-24(33)20-35-19-22-7-4-3-5-8-22)18-29(34)32-14-11-28-26(12-15-37-28)27(32)21-36-25-10-6-9-23(30)16-25/h2-10,12,15-16,24,27,33H,1,11,13-14,17-21H2/t24-,27+/m1/s1. The van der Waals surface area contributed by atoms with Gasteiger partial charge in [0.15, 0.2) is 0 Å². The van der Waals surface area contributed by atoms with E-state index in [1.165, 1.54) is 17.0 Å². The first-order valence-electron chi connectivity index (χ1n) is 12.4. The lowest BCUT2D eigenvalue weighted by atomic mass is 10.0. The summed E-state index contributed by atoms with van der Waals surface area (Å²) in [5, 5.41) is 12.6. The molecule has 0 aliphatic carbocycles. The van der Waals surface area contributed by atoms with Crippen LogP contribution in [0.5, 0.6) is 5.75 Å². The molecule has 1 aromatic heterocycles. The van der Waals surface area contributed by atoms with Gasteiger partial charge in [0.2, 0.25) is 5.91 Å². The van der Waals surface area contributed by atoms with Gasteiger partial charge in [-0.25, -0.2) is 4.39 Å². The van der Waals surface area contributed by atoms with Gasteiger partial charge in [0.1, 0.15) is 18.2 Å². The molecule has 1 amide bonds. The Labute approximate surface area is 221 Å². The Morgan fingerprint density at radius 3 is 2.86 bits per heavy atom. The highest BCUT2D eigenvalue weighted by Crippen LogP contribution is 2.34. The van der Waals surface area contributed by atoms with E-state index in [1.807, 2.05) is 51.6 Å². The number of hydrogen-bond acceptors (Lipinski definition) is 6. The lowest BCUT2D eigenvalue weighted by Gasteiger charge is -2.37. The summed E-state index contributed by atoms with van der Waals surface area (Å²) in [7, 11) is 0. The molecule has 6 nitrogen and oxygen atoms in total. The maximum atomic E-state index is 13.6. The molecule has 1 aliphatic heterocycles. The smallest absolute Gasteiger partial charge is 0.237 e. The van der Waals surface area contributed by atoms with Crippen molar-refractivity contribution in [3.05, 3.63) is 101 Å². The van der Waals surface area contributed by atoms with Crippen LogP contribution in [0.2, 0.25) is 0 Å². The fraction of sp³-hybridized carbons (Fsp3) is 0.345. The SMILES string of the molecule is C=CCN(CC(=O)N1CCc2sccc2[C@@H]1COc1cccc(F)c1)C[C@@H](O)COCc1ccccc1. The second-order valence-electron chi connectivity index (χ2n) is 9.06. The fourth-order valence-corrected chi connectivity index (χ4v) is 5.44. The highest BCUT2D eigenvalue weighted by molar-refractivity contribution is 7.10. The van der Waals surface area contributed by atoms with Crippen LogP contribution in [0.4, 0.5) is 4.39 Å². The fourth-order valence-electron chi connectivity index (χ4n) is 4.51. The van der Waals surface area contributed by atoms with Crippen molar-refractivity contribution in [3.8, 4) is 5.75 Å². The molecule has 196 valence electrons. The summed E-state index contributed by atoms with van der Waals surface area (Å²) in [4.78, 5) is 18.4. The molecule has 1 aliphatic rings. The summed E-state index contributed by atoms with van der Waals surface area (Å²) in [6, 6.07) is 17.6. The normalized spacial score (nSPS) is 15.9. The number of hydrogen-bond donors (Lipinski definition) is 1. The Hall–Kier alpha value is -3.04. The largest absolute Gasteiger partial charge is 0.491 e. The molecule has 0 saturated heterocycles. The predicted octanol–water partition coefficient (Wildman–Crippen LogP) is 4.46. The Kier molecular flexibility index (Phi) is 9.85. The minimum atomic E-state index is -0.742. The van der Waals surface area contributed by atoms with Crippen LogP contribution in [-0.2, 0) is 22.6 Å². The molecule has 2 atom stereocenters. The first kappa shape index (κ1) is 27.0. The van der Waals surface area contributed by atoms with E-state index in [2.05, 4.69) is 6.58 Å². The molecule has 0 fully saturated rings. The van der Waals surface area contributed by atoms with E-state index >= 15 is 0 Å². The highest BCUT2D eigenvalue weighted by Gasteiger charge is 2.33. The zero-order valence-electron chi connectivity index (χ0n) is 20.8. The van der Waals surface area contributed by atoms with E-state index in [0.29, 0.717) is 25.4 Å². The van der Waals surface area contributed by atoms with Gasteiger partial charge in [0.25, 0.3) is 0 Å². The quantitative estimate of drug-likeness (QED) is 0.335. The number of ether oxygens (including phenoxy) is 2. The van der Waals surface area contributed by atoms with Gasteiger partial charge in [-0.3, -0.25) is 9.69 Å². The number of nitrogens with zero attached hydrogens (tertiary/aromatic N) is 2. The van der Waals surface area contributed by atoms with Crippen molar-refractivity contribution < 1.29 is 23.8 Å². The van der Waals surface area contributed by atoms with Gasteiger partial charge < -0.3 is 19.5 Å². The summed E-state index contributed by atoms with van der Waals surface area (Å²) in [5.74, 6) is 0.0160. The van der Waals surface area contributed by atoms with Crippen LogP contribution in [0, 0.1) is 5.82 Å². The minimum absolute atomic E-state index is 0.0519. The van der Waals surface area contributed by atoms with Crippen LogP contribution in [0.1, 0.15) is 22.0 Å². The minimum Gasteiger partial charge on any atom is -0.491 e. The average Bonchev–Trinajstić information content (AvgIpc) is 3.37. The van der Waals surface area contributed by atoms with Crippen LogP contribution in [0.25, 0.3) is 0 Å². The monoisotopic (exact) mass is 524 g/mol. The second kappa shape index (κ2) is 13.5. The molecule has 3 aromatic rings. The Morgan fingerprint density at radius 2 is 2.08 bits per heavy atom. The second-order valence-corrected chi connectivity index (χ2v) is 10.1. The van der Waals surface area contributed by atoms with Crippen molar-refractivity contribution in [1.29, 1.82) is 0 Å². The predicted molar refractivity (Wildman–Crippen MR) is 143 cm³/mol. The van der Waals surface area contributed by atoms with E-state index in [-0.39, 0.29) is 44.1 Å². The van der Waals surface area contributed by atoms with Crippen LogP contribution in [0.3, 0.4) is 0 Å². The summed E-state index contributed by atoms with van der Waals surface area (Å²) in [6.07, 6.45) is 1.77. The molecule has 0 spiro atoms. The number of fused-ring (bicyclic) bond motifs is 1. The number of carbonyl (C=O) groups excluding carboxylic acids is 1. The molecule has 2 aromatic carbocycles. The van der Waals surface area contributed by atoms with Crippen molar-refractivity contribution >= 4 is 17.2 Å². The Bertz CT molecular complexity index is 1160. The molecule has 4 rings (SSSR count). The lowest BCUT2D eigenvalue weighted by Crippen LogP contribution is -2.48. The number of amides is 1. The molecule has 1 N–H and O–H groups in total. The molecule has 37 heavy (non-hydrogen) atoms. The molecule has 2 heterocycles. The molecule has 0 unspecified atom stereocenters. The van der Waals surface area contributed by atoms with E-state index in [0.717, 1.165) is 17.5 Å². The molecule has 8 heteroatoms. The Morgan fingerprint density at radius 1 is 1.24 bits per heavy atom. The first-order chi connectivity index (χ1) is 18.0. The zero-order valence-corrected chi connectivity index (χ0v) is 21.6. The van der Waals surface area contributed by atoms with Gasteiger partial charge in [-0.05, 0) is 41.1 Å². The number of rotatable bonds is 13. The number of aliphatic hydroxyl groups is 1. The third-order valence-corrected chi connectivity index (χ3v) is 7.25. The summed E-state index contributed by atoms with van der Waals surface area (Å²) in [5.41, 5.74) is 2.11. The molecule has 0 radical (unpaired) electrons. The highest BCUT2D eigenvalue weighted by atomic mass is 32.1. The third-order valence-electron chi connectivity index (χ3n) is 6.26. The van der Waals surface area contributed by atoms with Gasteiger partial charge >= 0.3 is 0 Å². The number of halogens is 1. The van der Waals surface area contributed by atoms with E-state index in [1.54, 1.807) is 29.5 Å². The number of aliphatic hydroxyl groups excluding tert-OH is 1. The maximum absolute atomic E-state index is 13.6. The van der Waals surface area contributed by atoms with Crippen molar-refractivity contribution in [2.45, 2.75) is 25.2 Å². The number of benzene rings is 2. The summed E-state index contributed by atoms with van der Waals surface area (Å²) in [6.45, 7) is 6.09. The van der Waals surface area contributed by atoms with E-state index < -0.39 is 6.10 Å². The zero-order chi connectivity index (χ0) is 26.0. The Balaban J connectivity index is 1.36. The maximum Gasteiger partial charge on any atom is 0.237 e. The first-order valence-corrected chi connectivity index (χ1v) is 13.3. The molecule has 0 bridgehead atoms. The molecular weight excluding hydrogens is 491 g/mol. The van der Waals surface area contributed by atoms with Crippen molar-refractivity contribution in [2.24, 2.45) is 0 Å².